The van der Waals surface area contributed by atoms with Crippen LogP contribution in [0, 0.1) is 0 Å². The molecule has 12 nitrogen and oxygen atoms in total. The maximum Gasteiger partial charge on any atom is 0.217 e. The van der Waals surface area contributed by atoms with Gasteiger partial charge in [-0.05, 0) is 0 Å². The number of amides is 1. The van der Waals surface area contributed by atoms with Crippen LogP contribution in [0.25, 0.3) is 0 Å². The van der Waals surface area contributed by atoms with Crippen LogP contribution in [-0.2, 0) is 23.7 Å². The quantitative estimate of drug-likeness (QED) is 0.228. The Kier molecular flexibility index (Phi) is 7.88. The SMILES string of the molecule is CO[C@@H]1OC(CO)[C@H](O)[C@H](OC2OC(CO)[C@H](O)[C@H](O)C2O)C1NC(C)=O. The van der Waals surface area contributed by atoms with Crippen molar-refractivity contribution in [2.24, 2.45) is 0 Å². The van der Waals surface area contributed by atoms with Crippen molar-refractivity contribution in [3.8, 4) is 0 Å². The molecule has 27 heavy (non-hydrogen) atoms. The number of aliphatic hydroxyl groups excluding tert-OH is 6. The van der Waals surface area contributed by atoms with E-state index in [0.717, 1.165) is 0 Å². The van der Waals surface area contributed by atoms with Gasteiger partial charge >= 0.3 is 0 Å². The summed E-state index contributed by atoms with van der Waals surface area (Å²) < 4.78 is 21.4. The van der Waals surface area contributed by atoms with Gasteiger partial charge in [0.25, 0.3) is 0 Å². The number of methoxy groups -OCH3 is 1. The van der Waals surface area contributed by atoms with Crippen LogP contribution in [-0.4, -0.2) is 118 Å². The largest absolute Gasteiger partial charge is 0.394 e. The van der Waals surface area contributed by atoms with Gasteiger partial charge in [0.2, 0.25) is 5.91 Å². The van der Waals surface area contributed by atoms with Gasteiger partial charge in [0.1, 0.15) is 48.8 Å². The van der Waals surface area contributed by atoms with Crippen LogP contribution < -0.4 is 5.32 Å². The molecule has 0 aliphatic carbocycles. The highest BCUT2D eigenvalue weighted by molar-refractivity contribution is 5.73. The van der Waals surface area contributed by atoms with E-state index in [9.17, 15) is 35.4 Å². The second-order valence-corrected chi connectivity index (χ2v) is 6.48. The lowest BCUT2D eigenvalue weighted by atomic mass is 9.95. The Labute approximate surface area is 155 Å². The summed E-state index contributed by atoms with van der Waals surface area (Å²) in [5.41, 5.74) is 0. The summed E-state index contributed by atoms with van der Waals surface area (Å²) in [7, 11) is 1.29. The molecular formula is C15H27NO11. The van der Waals surface area contributed by atoms with Crippen molar-refractivity contribution in [1.82, 2.24) is 5.32 Å². The maximum absolute atomic E-state index is 11.5. The first-order chi connectivity index (χ1) is 12.7. The average molecular weight is 397 g/mol. The lowest BCUT2D eigenvalue weighted by molar-refractivity contribution is -0.343. The lowest BCUT2D eigenvalue weighted by Gasteiger charge is -2.47. The third kappa shape index (κ3) is 4.74. The van der Waals surface area contributed by atoms with Gasteiger partial charge in [-0.2, -0.15) is 0 Å². The number of aliphatic hydroxyl groups is 6. The minimum atomic E-state index is -1.70. The smallest absolute Gasteiger partial charge is 0.217 e. The Balaban J connectivity index is 2.25. The molecule has 2 aliphatic rings. The van der Waals surface area contributed by atoms with E-state index in [1.165, 1.54) is 14.0 Å². The standard InChI is InChI=1S/C15H27NO11/c1-5(19)16-8-13(10(21)7(4-18)25-14(8)24-2)27-15-12(23)11(22)9(20)6(3-17)26-15/h6-15,17-18,20-23H,3-4H2,1-2H3,(H,16,19)/t6?,7?,8?,9-,10-,11-,12?,13+,14+,15?/m0/s1. The van der Waals surface area contributed by atoms with Crippen LogP contribution in [0.3, 0.4) is 0 Å². The van der Waals surface area contributed by atoms with Gasteiger partial charge in [-0.25, -0.2) is 0 Å². The molecule has 7 N–H and O–H groups in total. The molecule has 2 aliphatic heterocycles. The fraction of sp³-hybridized carbons (Fsp3) is 0.933. The molecule has 0 aromatic rings. The predicted molar refractivity (Wildman–Crippen MR) is 85.0 cm³/mol. The van der Waals surface area contributed by atoms with E-state index in [1.807, 2.05) is 0 Å². The molecule has 2 saturated heterocycles. The van der Waals surface area contributed by atoms with Gasteiger partial charge in [0, 0.05) is 14.0 Å². The Morgan fingerprint density at radius 3 is 2.00 bits per heavy atom. The highest BCUT2D eigenvalue weighted by atomic mass is 16.7. The first-order valence-corrected chi connectivity index (χ1v) is 8.45. The predicted octanol–water partition coefficient (Wildman–Crippen LogP) is -4.60. The summed E-state index contributed by atoms with van der Waals surface area (Å²) >= 11 is 0. The van der Waals surface area contributed by atoms with Crippen LogP contribution in [0.4, 0.5) is 0 Å². The van der Waals surface area contributed by atoms with Crippen molar-refractivity contribution in [1.29, 1.82) is 0 Å². The molecule has 158 valence electrons. The molecule has 10 atom stereocenters. The van der Waals surface area contributed by atoms with E-state index >= 15 is 0 Å². The molecule has 12 heteroatoms. The van der Waals surface area contributed by atoms with E-state index in [1.54, 1.807) is 0 Å². The molecule has 0 bridgehead atoms. The minimum Gasteiger partial charge on any atom is -0.394 e. The fourth-order valence-corrected chi connectivity index (χ4v) is 3.15. The normalized spacial score (nSPS) is 45.5. The Hall–Kier alpha value is -0.930. The average Bonchev–Trinajstić information content (AvgIpc) is 2.64. The zero-order valence-electron chi connectivity index (χ0n) is 14.9. The van der Waals surface area contributed by atoms with Crippen molar-refractivity contribution in [3.63, 3.8) is 0 Å². The summed E-state index contributed by atoms with van der Waals surface area (Å²) in [5, 5.41) is 61.5. The molecule has 2 fully saturated rings. The monoisotopic (exact) mass is 397 g/mol. The summed E-state index contributed by atoms with van der Waals surface area (Å²) in [6.45, 7) is -0.0132. The number of hydrogen-bond acceptors (Lipinski definition) is 11. The lowest BCUT2D eigenvalue weighted by Crippen LogP contribution is -2.68. The first kappa shape index (κ1) is 22.4. The van der Waals surface area contributed by atoms with Crippen LogP contribution in [0.2, 0.25) is 0 Å². The maximum atomic E-state index is 11.5. The third-order valence-electron chi connectivity index (χ3n) is 4.60. The molecule has 0 aromatic heterocycles. The van der Waals surface area contributed by atoms with Crippen molar-refractivity contribution in [3.05, 3.63) is 0 Å². The van der Waals surface area contributed by atoms with Crippen LogP contribution in [0.15, 0.2) is 0 Å². The van der Waals surface area contributed by atoms with Gasteiger partial charge in [0.15, 0.2) is 12.6 Å². The highest BCUT2D eigenvalue weighted by Crippen LogP contribution is 2.29. The third-order valence-corrected chi connectivity index (χ3v) is 4.60. The molecule has 1 amide bonds. The summed E-state index contributed by atoms with van der Waals surface area (Å²) in [4.78, 5) is 11.5. The minimum absolute atomic E-state index is 0.484. The van der Waals surface area contributed by atoms with E-state index in [0.29, 0.717) is 0 Å². The number of ether oxygens (including phenoxy) is 4. The van der Waals surface area contributed by atoms with Crippen LogP contribution in [0.5, 0.6) is 0 Å². The number of carbonyl (C=O) groups is 1. The molecule has 2 heterocycles. The topological polar surface area (TPSA) is 187 Å². The molecule has 5 unspecified atom stereocenters. The Bertz CT molecular complexity index is 492. The van der Waals surface area contributed by atoms with E-state index in [2.05, 4.69) is 5.32 Å². The molecular weight excluding hydrogens is 370 g/mol. The van der Waals surface area contributed by atoms with E-state index in [-0.39, 0.29) is 0 Å². The van der Waals surface area contributed by atoms with Crippen molar-refractivity contribution >= 4 is 5.91 Å². The summed E-state index contributed by atoms with van der Waals surface area (Å²) in [6.07, 6.45) is -12.7. The molecule has 0 aromatic carbocycles. The zero-order valence-corrected chi connectivity index (χ0v) is 14.9. The van der Waals surface area contributed by atoms with Crippen LogP contribution in [0.1, 0.15) is 6.92 Å². The number of hydrogen-bond donors (Lipinski definition) is 7. The first-order valence-electron chi connectivity index (χ1n) is 8.45. The number of carbonyl (C=O) groups excluding carboxylic acids is 1. The zero-order chi connectivity index (χ0) is 20.3. The van der Waals surface area contributed by atoms with Crippen molar-refractivity contribution in [2.45, 2.75) is 68.3 Å². The Morgan fingerprint density at radius 2 is 1.48 bits per heavy atom. The van der Waals surface area contributed by atoms with Crippen molar-refractivity contribution in [2.75, 3.05) is 20.3 Å². The second kappa shape index (κ2) is 9.52. The fourth-order valence-electron chi connectivity index (χ4n) is 3.15. The van der Waals surface area contributed by atoms with Gasteiger partial charge < -0.3 is 54.9 Å². The van der Waals surface area contributed by atoms with Gasteiger partial charge in [-0.15, -0.1) is 0 Å². The molecule has 0 saturated carbocycles. The summed E-state index contributed by atoms with van der Waals surface area (Å²) in [5.74, 6) is -0.484. The van der Waals surface area contributed by atoms with Crippen LogP contribution >= 0.6 is 0 Å². The molecule has 0 radical (unpaired) electrons. The highest BCUT2D eigenvalue weighted by Gasteiger charge is 2.51. The van der Waals surface area contributed by atoms with E-state index < -0.39 is 80.5 Å². The molecule has 2 rings (SSSR count). The summed E-state index contributed by atoms with van der Waals surface area (Å²) in [6, 6.07) is -1.04. The number of nitrogens with one attached hydrogen (secondary N) is 1. The van der Waals surface area contributed by atoms with E-state index in [4.69, 9.17) is 18.9 Å². The van der Waals surface area contributed by atoms with Crippen molar-refractivity contribution < 1.29 is 54.4 Å². The molecule has 0 spiro atoms. The van der Waals surface area contributed by atoms with Gasteiger partial charge in [0.05, 0.1) is 13.2 Å². The Morgan fingerprint density at radius 1 is 0.926 bits per heavy atom. The van der Waals surface area contributed by atoms with Gasteiger partial charge in [-0.3, -0.25) is 4.79 Å². The van der Waals surface area contributed by atoms with Gasteiger partial charge in [-0.1, -0.05) is 0 Å². The second-order valence-electron chi connectivity index (χ2n) is 6.48. The number of rotatable bonds is 6.